The molecule has 6 saturated carbocycles. The van der Waals surface area contributed by atoms with Crippen molar-refractivity contribution in [3.05, 3.63) is 89.8 Å². The number of anilines is 1. The number of carbonyl (C=O) groups excluding carboxylic acids is 2. The number of rotatable bonds is 6. The fraction of sp³-hybridized carbons (Fsp3) is 0.696. The Labute approximate surface area is 577 Å². The predicted molar refractivity (Wildman–Crippen MR) is 370 cm³/mol. The molecule has 97 heavy (non-hydrogen) atoms. The number of ether oxygens (including phenoxy) is 2. The van der Waals surface area contributed by atoms with Gasteiger partial charge in [0.2, 0.25) is 5.91 Å². The van der Waals surface area contributed by atoms with E-state index < -0.39 is 122 Å². The Bertz CT molecular complexity index is 3970. The highest BCUT2D eigenvalue weighted by Gasteiger charge is 2.82. The zero-order valence-corrected chi connectivity index (χ0v) is 58.4. The molecule has 18 bridgehead atoms. The number of allylic oxidation sites excluding steroid dienone is 3. The molecule has 27 atom stereocenters. The van der Waals surface area contributed by atoms with E-state index in [1.807, 2.05) is 36.2 Å². The maximum atomic E-state index is 17.3. The summed E-state index contributed by atoms with van der Waals surface area (Å²) >= 11 is 0. The van der Waals surface area contributed by atoms with Crippen LogP contribution in [0.3, 0.4) is 0 Å². The van der Waals surface area contributed by atoms with Crippen molar-refractivity contribution in [3.8, 4) is 17.6 Å². The van der Waals surface area contributed by atoms with Crippen LogP contribution in [0.15, 0.2) is 78.7 Å². The third kappa shape index (κ3) is 8.16. The van der Waals surface area contributed by atoms with Crippen LogP contribution in [0.4, 0.5) is 5.69 Å². The number of epoxide rings is 1. The Morgan fingerprint density at radius 3 is 2.58 bits per heavy atom. The molecule has 0 radical (unpaired) electrons. The Hall–Kier alpha value is -4.04. The third-order valence-electron chi connectivity index (χ3n) is 31.2. The van der Waals surface area contributed by atoms with Gasteiger partial charge in [0.1, 0.15) is 28.5 Å². The minimum atomic E-state index is -2.44. The molecule has 3 saturated heterocycles. The fourth-order valence-corrected chi connectivity index (χ4v) is 29.7. The molecule has 1 aromatic heterocycles. The first-order chi connectivity index (χ1) is 46.4. The summed E-state index contributed by atoms with van der Waals surface area (Å²) in [5, 5.41) is 128. The Kier molecular flexibility index (Phi) is 14.6. The molecular weight excluding hydrogens is 1260 g/mol. The number of aromatic hydroxyl groups is 1. The summed E-state index contributed by atoms with van der Waals surface area (Å²) in [6.45, 7) is 7.29. The van der Waals surface area contributed by atoms with Gasteiger partial charge in [-0.25, -0.2) is 0 Å². The van der Waals surface area contributed by atoms with Gasteiger partial charge in [0.25, 0.3) is 0 Å². The topological polar surface area (TPSA) is 258 Å². The number of aliphatic hydroxyl groups is 8. The van der Waals surface area contributed by atoms with Gasteiger partial charge in [-0.2, -0.15) is 0 Å². The lowest BCUT2D eigenvalue weighted by molar-refractivity contribution is -0.302. The number of methoxy groups -OCH3 is 1. The van der Waals surface area contributed by atoms with Crippen molar-refractivity contribution in [2.45, 2.75) is 207 Å². The standard InChI is InChI=1S/C79H99N3O13S2/c1-42(2)43(3)65-67(95-65)76(91)20-9-15-49-28-58-59-31-63(86)75-39-78(93,73(90,41-84)38-70(58,75)4)81-34-47-12-7-16-54(56(47)35-81)55-26-48-27-60-64-46(11-6-10-44-17-21-72(32-44,80-60)57(48)30-61(55)94-5)33-71(66(64)87)40-82(68(88)79(71)50(36-83)13-8-14-51(79)37-96-97-69(75)89)52-24-45(25-53(85)29-52)18-22-74(49)62(76)19-23-77(59,74)92/h7,9,12,15-16,24-26,29,31,34-35,42-44,46,48-51,57-58,60-62,64-67,69,80,83-85,87,89-93H,8,10,13-14,17-23,27-28,30,32-33,36-41H2,1-5H3/t43-,44+,46+,48-,49-,50-,51-,57-,58+,60-,61-,62+,64-,65+,66+,67-,69-,70-,71-,72-,73-,74-,75+,76-,77-,78-,79-/m1/s1. The molecule has 10 N–H and O–H groups in total. The smallest absolute Gasteiger partial charge is 0.234 e. The lowest BCUT2D eigenvalue weighted by Crippen LogP contribution is -2.75. The normalized spacial score (nSPS) is 49.9. The van der Waals surface area contributed by atoms with E-state index in [0.717, 1.165) is 58.4 Å². The highest BCUT2D eigenvalue weighted by Crippen LogP contribution is 2.78. The summed E-state index contributed by atoms with van der Waals surface area (Å²) in [5.74, 6) is 4.43. The van der Waals surface area contributed by atoms with Gasteiger partial charge in [0.15, 0.2) is 11.5 Å². The van der Waals surface area contributed by atoms with E-state index in [0.29, 0.717) is 74.1 Å². The molecule has 1 amide bonds. The van der Waals surface area contributed by atoms with Crippen LogP contribution in [-0.2, 0) is 31.2 Å². The molecule has 3 aromatic rings. The van der Waals surface area contributed by atoms with Crippen molar-refractivity contribution in [2.24, 2.45) is 98.1 Å². The molecule has 17 aliphatic rings. The molecule has 16 nitrogen and oxygen atoms in total. The number of aliphatic hydroxyl groups excluding tert-OH is 4. The highest BCUT2D eigenvalue weighted by molar-refractivity contribution is 8.76. The van der Waals surface area contributed by atoms with Crippen LogP contribution in [0.2, 0.25) is 0 Å². The van der Waals surface area contributed by atoms with Gasteiger partial charge in [0.05, 0.1) is 41.3 Å². The number of aromatic nitrogens is 1. The number of aryl methyl sites for hydroxylation is 1. The van der Waals surface area contributed by atoms with Crippen LogP contribution in [0.1, 0.15) is 148 Å². The van der Waals surface area contributed by atoms with E-state index in [4.69, 9.17) is 9.47 Å². The summed E-state index contributed by atoms with van der Waals surface area (Å²) in [6, 6.07) is 11.2. The zero-order chi connectivity index (χ0) is 67.3. The van der Waals surface area contributed by atoms with Gasteiger partial charge in [-0.3, -0.25) is 9.59 Å². The number of benzene rings is 2. The lowest BCUT2D eigenvalue weighted by Gasteiger charge is -2.69. The van der Waals surface area contributed by atoms with Gasteiger partial charge >= 0.3 is 0 Å². The number of hydrogen-bond acceptors (Lipinski definition) is 16. The van der Waals surface area contributed by atoms with Crippen LogP contribution in [0.25, 0.3) is 16.3 Å². The van der Waals surface area contributed by atoms with Gasteiger partial charge in [-0.15, -0.1) is 5.92 Å². The summed E-state index contributed by atoms with van der Waals surface area (Å²) in [5.41, 5.74) is -13.6. The second-order valence-electron chi connectivity index (χ2n) is 34.8. The largest absolute Gasteiger partial charge is 0.508 e. The number of fused-ring (bicyclic) bond motifs is 6. The van der Waals surface area contributed by atoms with E-state index in [9.17, 15) is 46.0 Å². The minimum absolute atomic E-state index is 0.0315. The second kappa shape index (κ2) is 21.8. The number of nitrogens with one attached hydrogen (secondary N) is 1. The van der Waals surface area contributed by atoms with Gasteiger partial charge in [0, 0.05) is 114 Å². The highest BCUT2D eigenvalue weighted by atomic mass is 33.1. The third-order valence-corrected chi connectivity index (χ3v) is 33.9. The van der Waals surface area contributed by atoms with Crippen LogP contribution in [0, 0.1) is 110 Å². The van der Waals surface area contributed by atoms with Crippen molar-refractivity contribution < 1.29 is 65.0 Å². The van der Waals surface area contributed by atoms with Crippen molar-refractivity contribution in [3.63, 3.8) is 0 Å². The van der Waals surface area contributed by atoms with Gasteiger partial charge in [-0.1, -0.05) is 98.1 Å². The van der Waals surface area contributed by atoms with Crippen molar-refractivity contribution >= 4 is 55.3 Å². The maximum absolute atomic E-state index is 17.3. The molecule has 8 aliphatic heterocycles. The van der Waals surface area contributed by atoms with Crippen LogP contribution < -0.4 is 10.2 Å². The number of phenols is 1. The summed E-state index contributed by atoms with van der Waals surface area (Å²) in [4.78, 5) is 36.1. The molecule has 9 fully saturated rings. The summed E-state index contributed by atoms with van der Waals surface area (Å²) in [6.07, 6.45) is 17.7. The molecule has 520 valence electrons. The van der Waals surface area contributed by atoms with E-state index in [2.05, 4.69) is 62.2 Å². The fourth-order valence-electron chi connectivity index (χ4n) is 26.6. The van der Waals surface area contributed by atoms with Gasteiger partial charge in [-0.05, 0) is 195 Å². The number of ketones is 1. The number of piperidine rings is 1. The quantitative estimate of drug-likeness (QED) is 0.0478. The van der Waals surface area contributed by atoms with E-state index in [1.165, 1.54) is 10.8 Å². The van der Waals surface area contributed by atoms with Gasteiger partial charge < -0.3 is 70.2 Å². The lowest BCUT2D eigenvalue weighted by atomic mass is 9.37. The first kappa shape index (κ1) is 65.0. The average Bonchev–Trinajstić information content (AvgIpc) is 1.64. The second-order valence-corrected chi connectivity index (χ2v) is 37.3. The molecule has 9 heterocycles. The first-order valence-electron chi connectivity index (χ1n) is 37.0. The molecular formula is C79H99N3O13S2. The van der Waals surface area contributed by atoms with Crippen LogP contribution in [0.5, 0.6) is 5.75 Å². The van der Waals surface area contributed by atoms with Crippen molar-refractivity contribution in [1.82, 2.24) is 9.88 Å². The molecule has 2 aromatic carbocycles. The Morgan fingerprint density at radius 2 is 1.78 bits per heavy atom. The van der Waals surface area contributed by atoms with E-state index in [-0.39, 0.29) is 116 Å². The Morgan fingerprint density at radius 1 is 0.948 bits per heavy atom. The molecule has 0 unspecified atom stereocenters. The Balaban J connectivity index is 0.904. The molecule has 5 spiro atoms. The maximum Gasteiger partial charge on any atom is 0.234 e. The number of nitrogens with zero attached hydrogens (tertiary/aromatic N) is 2. The van der Waals surface area contributed by atoms with Crippen LogP contribution >= 0.6 is 21.6 Å². The average molecular weight is 1360 g/mol. The van der Waals surface area contributed by atoms with Crippen molar-refractivity contribution in [2.75, 3.05) is 37.5 Å². The van der Waals surface area contributed by atoms with E-state index in [1.54, 1.807) is 36.1 Å². The van der Waals surface area contributed by atoms with Crippen LogP contribution in [-0.4, -0.2) is 153 Å². The zero-order valence-electron chi connectivity index (χ0n) is 56.7. The number of phenolic OH excluding ortho intramolecular Hbond substituents is 1. The molecule has 9 aliphatic carbocycles. The predicted octanol–water partition coefficient (Wildman–Crippen LogP) is 8.95. The SMILES string of the molecule is CO[C@@H]1C[C@@H]2[C@@H]3C=C1c1cccc4cn(cc14)[C@@]1(O)C[C@]45C(=O)C=C6[C@H](C[C@H]7C=CC[C@](O)([C@@H]8O[C@H]8[C@H](C)C(C)C)[C@H]8CC[C@]6(O)[C@]78CCc6cc(O)cc(c6)N6C[C@@]7(C[C@@H]8C#CC[C@H]9CC[C@]2(C9)N[C@H](C3)[C@@H]8[C@@H]7O)[C@@]2(C6=O)[C@H](CCC[C@@H]2CO)CSS[C@H]4O)[C@@]5(C)C[C@@]1(O)CO. The minimum Gasteiger partial charge on any atom is -0.508 e. The summed E-state index contributed by atoms with van der Waals surface area (Å²) < 4.78 is 14.9. The number of hydrogen-bond donors (Lipinski definition) is 10. The molecule has 18 heteroatoms. The monoisotopic (exact) mass is 1360 g/mol. The van der Waals surface area contributed by atoms with E-state index >= 15 is 9.59 Å². The summed E-state index contributed by atoms with van der Waals surface area (Å²) in [7, 11) is 4.25. The number of carbonyl (C=O) groups is 2. The first-order valence-corrected chi connectivity index (χ1v) is 39.4. The van der Waals surface area contributed by atoms with Crippen molar-refractivity contribution in [1.29, 1.82) is 0 Å². The number of amides is 1. The molecule has 20 rings (SSSR count).